The van der Waals surface area contributed by atoms with Crippen LogP contribution in [0.2, 0.25) is 0 Å². The van der Waals surface area contributed by atoms with Crippen molar-refractivity contribution in [1.29, 1.82) is 0 Å². The molecule has 2 aromatic rings. The molecule has 6 heteroatoms. The Kier molecular flexibility index (Phi) is 4.68. The van der Waals surface area contributed by atoms with E-state index in [1.807, 2.05) is 11.6 Å². The first-order chi connectivity index (χ1) is 12.7. The largest absolute Gasteiger partial charge is 0.493 e. The number of ether oxygens (including phenoxy) is 1. The number of carbonyl (C=O) groups is 1. The molecule has 0 radical (unpaired) electrons. The highest BCUT2D eigenvalue weighted by Gasteiger charge is 2.28. The second-order valence-electron chi connectivity index (χ2n) is 7.11. The van der Waals surface area contributed by atoms with E-state index in [4.69, 9.17) is 4.74 Å². The lowest BCUT2D eigenvalue weighted by Crippen LogP contribution is -2.34. The molecule has 1 aromatic heterocycles. The van der Waals surface area contributed by atoms with Gasteiger partial charge < -0.3 is 15.2 Å². The predicted octanol–water partition coefficient (Wildman–Crippen LogP) is 2.57. The molecule has 0 spiro atoms. The second kappa shape index (κ2) is 7.11. The van der Waals surface area contributed by atoms with Gasteiger partial charge in [0.05, 0.1) is 6.61 Å². The third kappa shape index (κ3) is 3.21. The number of rotatable bonds is 5. The average molecular weight is 355 g/mol. The van der Waals surface area contributed by atoms with E-state index in [9.17, 15) is 9.90 Å². The maximum Gasteiger partial charge on any atom is 0.356 e. The zero-order chi connectivity index (χ0) is 18.1. The summed E-state index contributed by atoms with van der Waals surface area (Å²) in [5, 5.41) is 17.3. The molecule has 0 saturated carbocycles. The quantitative estimate of drug-likeness (QED) is 0.862. The molecular formula is C20H25N3O3. The summed E-state index contributed by atoms with van der Waals surface area (Å²) in [5.41, 5.74) is 4.76. The molecule has 0 saturated heterocycles. The van der Waals surface area contributed by atoms with Gasteiger partial charge in [0.25, 0.3) is 0 Å². The van der Waals surface area contributed by atoms with E-state index >= 15 is 0 Å². The molecule has 26 heavy (non-hydrogen) atoms. The SMILES string of the molecule is CCn1nc(C(=O)O)c2c1CC[C@H](NCc1ccc3c(c1)CCCO3)C2. The number of aryl methyl sites for hydroxylation is 2. The molecule has 2 heterocycles. The van der Waals surface area contributed by atoms with Crippen LogP contribution in [0, 0.1) is 0 Å². The minimum absolute atomic E-state index is 0.222. The van der Waals surface area contributed by atoms with Crippen molar-refractivity contribution in [1.82, 2.24) is 15.1 Å². The lowest BCUT2D eigenvalue weighted by molar-refractivity contribution is 0.0688. The van der Waals surface area contributed by atoms with Crippen LogP contribution >= 0.6 is 0 Å². The van der Waals surface area contributed by atoms with Crippen LogP contribution < -0.4 is 10.1 Å². The Bertz CT molecular complexity index is 828. The Morgan fingerprint density at radius 3 is 3.12 bits per heavy atom. The fraction of sp³-hybridized carbons (Fsp3) is 0.500. The van der Waals surface area contributed by atoms with Gasteiger partial charge in [-0.2, -0.15) is 5.10 Å². The Labute approximate surface area is 153 Å². The number of hydrogen-bond donors (Lipinski definition) is 2. The fourth-order valence-corrected chi connectivity index (χ4v) is 4.08. The Morgan fingerprint density at radius 2 is 2.31 bits per heavy atom. The van der Waals surface area contributed by atoms with Gasteiger partial charge in [0.1, 0.15) is 5.75 Å². The number of carboxylic acid groups (broad SMARTS) is 1. The zero-order valence-electron chi connectivity index (χ0n) is 15.1. The van der Waals surface area contributed by atoms with Crippen LogP contribution in [0.3, 0.4) is 0 Å². The van der Waals surface area contributed by atoms with Crippen molar-refractivity contribution in [3.8, 4) is 5.75 Å². The van der Waals surface area contributed by atoms with Gasteiger partial charge in [-0.1, -0.05) is 12.1 Å². The van der Waals surface area contributed by atoms with Crippen molar-refractivity contribution < 1.29 is 14.6 Å². The number of aromatic carboxylic acids is 1. The molecular weight excluding hydrogens is 330 g/mol. The van der Waals surface area contributed by atoms with Crippen LogP contribution in [0.5, 0.6) is 5.75 Å². The van der Waals surface area contributed by atoms with E-state index in [1.54, 1.807) is 0 Å². The molecule has 0 fully saturated rings. The van der Waals surface area contributed by atoms with Gasteiger partial charge in [0, 0.05) is 30.4 Å². The number of nitrogens with zero attached hydrogens (tertiary/aromatic N) is 2. The van der Waals surface area contributed by atoms with E-state index in [0.29, 0.717) is 6.54 Å². The van der Waals surface area contributed by atoms with Gasteiger partial charge in [-0.3, -0.25) is 4.68 Å². The summed E-state index contributed by atoms with van der Waals surface area (Å²) in [5.74, 6) is 0.0872. The van der Waals surface area contributed by atoms with Crippen molar-refractivity contribution in [3.05, 3.63) is 46.3 Å². The Balaban J connectivity index is 1.45. The first kappa shape index (κ1) is 17.1. The van der Waals surface area contributed by atoms with E-state index in [1.165, 1.54) is 11.1 Å². The van der Waals surface area contributed by atoms with Crippen LogP contribution in [0.4, 0.5) is 0 Å². The van der Waals surface area contributed by atoms with Gasteiger partial charge in [-0.05, 0) is 56.2 Å². The van der Waals surface area contributed by atoms with E-state index in [0.717, 1.165) is 62.3 Å². The van der Waals surface area contributed by atoms with Gasteiger partial charge >= 0.3 is 5.97 Å². The molecule has 138 valence electrons. The monoisotopic (exact) mass is 355 g/mol. The molecule has 1 aromatic carbocycles. The van der Waals surface area contributed by atoms with E-state index < -0.39 is 5.97 Å². The van der Waals surface area contributed by atoms with E-state index in [-0.39, 0.29) is 11.7 Å². The molecule has 2 aliphatic rings. The van der Waals surface area contributed by atoms with Crippen molar-refractivity contribution in [3.63, 3.8) is 0 Å². The molecule has 0 bridgehead atoms. The number of hydrogen-bond acceptors (Lipinski definition) is 4. The first-order valence-electron chi connectivity index (χ1n) is 9.45. The Morgan fingerprint density at radius 1 is 1.42 bits per heavy atom. The third-order valence-corrected chi connectivity index (χ3v) is 5.42. The van der Waals surface area contributed by atoms with Gasteiger partial charge in [-0.15, -0.1) is 0 Å². The molecule has 6 nitrogen and oxygen atoms in total. The summed E-state index contributed by atoms with van der Waals surface area (Å²) < 4.78 is 7.52. The van der Waals surface area contributed by atoms with Crippen LogP contribution in [0.15, 0.2) is 18.2 Å². The molecule has 1 aliphatic carbocycles. The Hall–Kier alpha value is -2.34. The molecule has 2 N–H and O–H groups in total. The molecule has 0 amide bonds. The lowest BCUT2D eigenvalue weighted by Gasteiger charge is -2.25. The van der Waals surface area contributed by atoms with Crippen molar-refractivity contribution in [2.24, 2.45) is 0 Å². The number of fused-ring (bicyclic) bond motifs is 2. The zero-order valence-corrected chi connectivity index (χ0v) is 15.1. The van der Waals surface area contributed by atoms with Crippen molar-refractivity contribution in [2.45, 2.75) is 58.2 Å². The highest BCUT2D eigenvalue weighted by molar-refractivity contribution is 5.87. The summed E-state index contributed by atoms with van der Waals surface area (Å²) in [6, 6.07) is 6.69. The van der Waals surface area contributed by atoms with Gasteiger partial charge in [-0.25, -0.2) is 4.79 Å². The number of benzene rings is 1. The fourth-order valence-electron chi connectivity index (χ4n) is 4.08. The normalized spacial score (nSPS) is 18.7. The summed E-state index contributed by atoms with van der Waals surface area (Å²) in [4.78, 5) is 11.5. The summed E-state index contributed by atoms with van der Waals surface area (Å²) >= 11 is 0. The van der Waals surface area contributed by atoms with Crippen LogP contribution in [0.25, 0.3) is 0 Å². The minimum atomic E-state index is -0.927. The highest BCUT2D eigenvalue weighted by Crippen LogP contribution is 2.27. The minimum Gasteiger partial charge on any atom is -0.493 e. The third-order valence-electron chi connectivity index (χ3n) is 5.42. The summed E-state index contributed by atoms with van der Waals surface area (Å²) in [6.45, 7) is 4.32. The molecule has 1 aliphatic heterocycles. The predicted molar refractivity (Wildman–Crippen MR) is 97.8 cm³/mol. The smallest absolute Gasteiger partial charge is 0.356 e. The van der Waals surface area contributed by atoms with E-state index in [2.05, 4.69) is 28.6 Å². The second-order valence-corrected chi connectivity index (χ2v) is 7.11. The van der Waals surface area contributed by atoms with Gasteiger partial charge in [0.15, 0.2) is 5.69 Å². The lowest BCUT2D eigenvalue weighted by atomic mass is 9.91. The summed E-state index contributed by atoms with van der Waals surface area (Å²) in [7, 11) is 0. The van der Waals surface area contributed by atoms with Crippen LogP contribution in [0.1, 0.15) is 52.6 Å². The maximum atomic E-state index is 11.5. The average Bonchev–Trinajstić information content (AvgIpc) is 3.04. The van der Waals surface area contributed by atoms with Crippen LogP contribution in [-0.2, 0) is 32.4 Å². The molecule has 1 atom stereocenters. The number of aromatic nitrogens is 2. The van der Waals surface area contributed by atoms with Crippen LogP contribution in [-0.4, -0.2) is 33.5 Å². The summed E-state index contributed by atoms with van der Waals surface area (Å²) in [6.07, 6.45) is 4.76. The standard InChI is InChI=1S/C20H25N3O3/c1-2-23-17-7-6-15(11-16(17)19(22-23)20(24)25)21-12-13-5-8-18-14(10-13)4-3-9-26-18/h5,8,10,15,21H,2-4,6-7,9,11-12H2,1H3,(H,24,25)/t15-/m0/s1. The maximum absolute atomic E-state index is 11.5. The molecule has 0 unspecified atom stereocenters. The number of carboxylic acids is 1. The number of nitrogens with one attached hydrogen (secondary N) is 1. The van der Waals surface area contributed by atoms with Crippen molar-refractivity contribution in [2.75, 3.05) is 6.61 Å². The topological polar surface area (TPSA) is 76.4 Å². The highest BCUT2D eigenvalue weighted by atomic mass is 16.5. The first-order valence-corrected chi connectivity index (χ1v) is 9.45. The van der Waals surface area contributed by atoms with Crippen molar-refractivity contribution >= 4 is 5.97 Å². The van der Waals surface area contributed by atoms with Gasteiger partial charge in [0.2, 0.25) is 0 Å². The molecule has 4 rings (SSSR count).